The minimum atomic E-state index is 0.166. The lowest BCUT2D eigenvalue weighted by Crippen LogP contribution is -2.53. The highest BCUT2D eigenvalue weighted by molar-refractivity contribution is 5.73. The first-order chi connectivity index (χ1) is 9.79. The summed E-state index contributed by atoms with van der Waals surface area (Å²) in [5.41, 5.74) is 2.89. The molecule has 118 valence electrons. The largest absolute Gasteiger partial charge is 0.371 e. The Morgan fingerprint density at radius 1 is 1.10 bits per heavy atom. The number of anilines is 2. The Morgan fingerprint density at radius 2 is 1.71 bits per heavy atom. The molecule has 0 fully saturated rings. The maximum absolute atomic E-state index is 3.69. The second-order valence-corrected chi connectivity index (χ2v) is 7.55. The van der Waals surface area contributed by atoms with E-state index in [1.165, 1.54) is 11.4 Å². The Kier molecular flexibility index (Phi) is 4.82. The molecule has 2 rings (SSSR count). The lowest BCUT2D eigenvalue weighted by atomic mass is 9.98. The average Bonchev–Trinajstić information content (AvgIpc) is 2.40. The van der Waals surface area contributed by atoms with Crippen LogP contribution in [-0.2, 0) is 0 Å². The standard InChI is InChI=1S/C18H31N3/c1-14(2)17(13-19-18(3,4)5)21-12-11-20(6)15-9-7-8-10-16(15)21/h7-10,14,17,19H,11-13H2,1-6H3. The van der Waals surface area contributed by atoms with Gasteiger partial charge >= 0.3 is 0 Å². The highest BCUT2D eigenvalue weighted by Crippen LogP contribution is 2.34. The number of rotatable bonds is 4. The molecule has 0 aromatic heterocycles. The van der Waals surface area contributed by atoms with Crippen molar-refractivity contribution in [3.8, 4) is 0 Å². The summed E-state index contributed by atoms with van der Waals surface area (Å²) >= 11 is 0. The van der Waals surface area contributed by atoms with Gasteiger partial charge in [0.2, 0.25) is 0 Å². The van der Waals surface area contributed by atoms with E-state index >= 15 is 0 Å². The van der Waals surface area contributed by atoms with Gasteiger partial charge in [0.25, 0.3) is 0 Å². The second-order valence-electron chi connectivity index (χ2n) is 7.55. The third-order valence-electron chi connectivity index (χ3n) is 4.29. The molecule has 1 aliphatic rings. The number of likely N-dealkylation sites (N-methyl/N-ethyl adjacent to an activating group) is 1. The van der Waals surface area contributed by atoms with Crippen molar-refractivity contribution < 1.29 is 0 Å². The maximum Gasteiger partial charge on any atom is 0.0607 e. The predicted molar refractivity (Wildman–Crippen MR) is 93.4 cm³/mol. The van der Waals surface area contributed by atoms with Gasteiger partial charge in [-0.1, -0.05) is 26.0 Å². The van der Waals surface area contributed by atoms with Crippen LogP contribution in [0.2, 0.25) is 0 Å². The number of para-hydroxylation sites is 2. The van der Waals surface area contributed by atoms with Gasteiger partial charge in [0.1, 0.15) is 0 Å². The number of nitrogens with one attached hydrogen (secondary N) is 1. The molecule has 0 amide bonds. The van der Waals surface area contributed by atoms with Gasteiger partial charge in [-0.25, -0.2) is 0 Å². The van der Waals surface area contributed by atoms with Crippen LogP contribution in [0.1, 0.15) is 34.6 Å². The van der Waals surface area contributed by atoms with Gasteiger partial charge in [0.15, 0.2) is 0 Å². The van der Waals surface area contributed by atoms with Crippen molar-refractivity contribution in [3.05, 3.63) is 24.3 Å². The van der Waals surface area contributed by atoms with Gasteiger partial charge in [-0.15, -0.1) is 0 Å². The molecular weight excluding hydrogens is 258 g/mol. The molecule has 3 nitrogen and oxygen atoms in total. The van der Waals surface area contributed by atoms with E-state index in [0.29, 0.717) is 12.0 Å². The number of hydrogen-bond acceptors (Lipinski definition) is 3. The van der Waals surface area contributed by atoms with Crippen LogP contribution in [0.25, 0.3) is 0 Å². The van der Waals surface area contributed by atoms with E-state index in [4.69, 9.17) is 0 Å². The molecule has 1 atom stereocenters. The minimum absolute atomic E-state index is 0.166. The van der Waals surface area contributed by atoms with Crippen LogP contribution < -0.4 is 15.1 Å². The van der Waals surface area contributed by atoms with E-state index < -0.39 is 0 Å². The summed E-state index contributed by atoms with van der Waals surface area (Å²) in [5.74, 6) is 0.622. The van der Waals surface area contributed by atoms with Crippen molar-refractivity contribution in [1.82, 2.24) is 5.32 Å². The fourth-order valence-electron chi connectivity index (χ4n) is 2.99. The molecule has 0 aliphatic carbocycles. The van der Waals surface area contributed by atoms with E-state index in [9.17, 15) is 0 Å². The van der Waals surface area contributed by atoms with Crippen LogP contribution in [0.4, 0.5) is 11.4 Å². The van der Waals surface area contributed by atoms with Gasteiger partial charge in [-0.3, -0.25) is 0 Å². The zero-order valence-electron chi connectivity index (χ0n) is 14.5. The maximum atomic E-state index is 3.69. The SMILES string of the molecule is CC(C)C(CNC(C)(C)C)N1CCN(C)c2ccccc21. The summed E-state index contributed by atoms with van der Waals surface area (Å²) < 4.78 is 0. The van der Waals surface area contributed by atoms with Crippen LogP contribution in [0.5, 0.6) is 0 Å². The molecule has 21 heavy (non-hydrogen) atoms. The zero-order chi connectivity index (χ0) is 15.6. The Labute approximate surface area is 130 Å². The fourth-order valence-corrected chi connectivity index (χ4v) is 2.99. The highest BCUT2D eigenvalue weighted by Gasteiger charge is 2.28. The lowest BCUT2D eigenvalue weighted by Gasteiger charge is -2.44. The molecule has 0 saturated heterocycles. The number of hydrogen-bond donors (Lipinski definition) is 1. The molecule has 0 spiro atoms. The van der Waals surface area contributed by atoms with E-state index in [1.807, 2.05) is 0 Å². The molecule has 1 aromatic rings. The van der Waals surface area contributed by atoms with Crippen molar-refractivity contribution in [2.45, 2.75) is 46.2 Å². The topological polar surface area (TPSA) is 18.5 Å². The highest BCUT2D eigenvalue weighted by atomic mass is 15.3. The van der Waals surface area contributed by atoms with Crippen LogP contribution in [0, 0.1) is 5.92 Å². The quantitative estimate of drug-likeness (QED) is 0.917. The summed E-state index contributed by atoms with van der Waals surface area (Å²) in [4.78, 5) is 4.96. The predicted octanol–water partition coefficient (Wildman–Crippen LogP) is 3.36. The number of benzene rings is 1. The van der Waals surface area contributed by atoms with Gasteiger partial charge < -0.3 is 15.1 Å². The van der Waals surface area contributed by atoms with Crippen molar-refractivity contribution in [3.63, 3.8) is 0 Å². The average molecular weight is 289 g/mol. The molecule has 1 heterocycles. The first-order valence-electron chi connectivity index (χ1n) is 8.11. The summed E-state index contributed by atoms with van der Waals surface area (Å²) in [7, 11) is 2.19. The molecule has 0 bridgehead atoms. The van der Waals surface area contributed by atoms with Gasteiger partial charge in [0, 0.05) is 38.3 Å². The molecular formula is C18H31N3. The molecule has 0 radical (unpaired) electrons. The van der Waals surface area contributed by atoms with E-state index in [0.717, 1.165) is 19.6 Å². The Bertz CT molecular complexity index is 462. The Balaban J connectivity index is 2.23. The second kappa shape index (κ2) is 6.27. The minimum Gasteiger partial charge on any atom is -0.371 e. The van der Waals surface area contributed by atoms with Gasteiger partial charge in [-0.2, -0.15) is 0 Å². The van der Waals surface area contributed by atoms with E-state index in [1.54, 1.807) is 0 Å². The third kappa shape index (κ3) is 3.91. The van der Waals surface area contributed by atoms with Crippen molar-refractivity contribution in [2.75, 3.05) is 36.5 Å². The van der Waals surface area contributed by atoms with E-state index in [2.05, 4.69) is 81.0 Å². The van der Waals surface area contributed by atoms with Gasteiger partial charge in [-0.05, 0) is 38.8 Å². The normalized spacial score (nSPS) is 17.1. The third-order valence-corrected chi connectivity index (χ3v) is 4.29. The summed E-state index contributed by atoms with van der Waals surface area (Å²) in [6.07, 6.45) is 0. The summed E-state index contributed by atoms with van der Waals surface area (Å²) in [6.45, 7) is 14.6. The monoisotopic (exact) mass is 289 g/mol. The zero-order valence-corrected chi connectivity index (χ0v) is 14.5. The molecule has 1 aliphatic heterocycles. The number of nitrogens with zero attached hydrogens (tertiary/aromatic N) is 2. The summed E-state index contributed by atoms with van der Waals surface area (Å²) in [5, 5.41) is 3.69. The first kappa shape index (κ1) is 16.2. The molecule has 3 heteroatoms. The molecule has 1 unspecified atom stereocenters. The Morgan fingerprint density at radius 3 is 2.29 bits per heavy atom. The van der Waals surface area contributed by atoms with Gasteiger partial charge in [0.05, 0.1) is 11.4 Å². The van der Waals surface area contributed by atoms with Crippen LogP contribution in [-0.4, -0.2) is 38.3 Å². The number of fused-ring (bicyclic) bond motifs is 1. The first-order valence-corrected chi connectivity index (χ1v) is 8.11. The summed E-state index contributed by atoms with van der Waals surface area (Å²) in [6, 6.07) is 9.31. The van der Waals surface area contributed by atoms with E-state index in [-0.39, 0.29) is 5.54 Å². The molecule has 0 saturated carbocycles. The van der Waals surface area contributed by atoms with Crippen molar-refractivity contribution in [2.24, 2.45) is 5.92 Å². The van der Waals surface area contributed by atoms with Crippen LogP contribution >= 0.6 is 0 Å². The Hall–Kier alpha value is -1.22. The van der Waals surface area contributed by atoms with Crippen molar-refractivity contribution in [1.29, 1.82) is 0 Å². The fraction of sp³-hybridized carbons (Fsp3) is 0.667. The van der Waals surface area contributed by atoms with Crippen LogP contribution in [0.15, 0.2) is 24.3 Å². The smallest absolute Gasteiger partial charge is 0.0607 e. The van der Waals surface area contributed by atoms with Crippen molar-refractivity contribution >= 4 is 11.4 Å². The molecule has 1 aromatic carbocycles. The van der Waals surface area contributed by atoms with Crippen LogP contribution in [0.3, 0.4) is 0 Å². The molecule has 1 N–H and O–H groups in total. The lowest BCUT2D eigenvalue weighted by molar-refractivity contribution is 0.356.